The lowest BCUT2D eigenvalue weighted by Gasteiger charge is -2.24. The molecule has 0 aromatic carbocycles. The Morgan fingerprint density at radius 1 is 0.788 bits per heavy atom. The second kappa shape index (κ2) is 15.8. The van der Waals surface area contributed by atoms with E-state index in [1.165, 1.54) is 44.9 Å². The number of carbonyl (C=O) groups excluding carboxylic acids is 3. The summed E-state index contributed by atoms with van der Waals surface area (Å²) in [5, 5.41) is 9.27. The number of hydroxylamine groups is 2. The number of carboxylic acid groups (broad SMARTS) is 1. The topological polar surface area (TPSA) is 101 Å². The summed E-state index contributed by atoms with van der Waals surface area (Å²) in [5.74, 6) is -2.47. The van der Waals surface area contributed by atoms with Crippen LogP contribution in [0.3, 0.4) is 0 Å². The van der Waals surface area contributed by atoms with Crippen molar-refractivity contribution in [2.75, 3.05) is 0 Å². The minimum absolute atomic E-state index is 0.101. The molecule has 0 bridgehead atoms. The van der Waals surface area contributed by atoms with Gasteiger partial charge in [0.2, 0.25) is 0 Å². The lowest BCUT2D eigenvalue weighted by Crippen LogP contribution is -2.35. The number of carboxylic acids is 1. The van der Waals surface area contributed by atoms with Crippen LogP contribution in [0.15, 0.2) is 0 Å². The van der Waals surface area contributed by atoms with Crippen LogP contribution in [0.25, 0.3) is 0 Å². The first-order valence-electron chi connectivity index (χ1n) is 12.9. The Bertz CT molecular complexity index is 625. The van der Waals surface area contributed by atoms with E-state index in [1.54, 1.807) is 0 Å². The molecule has 33 heavy (non-hydrogen) atoms. The fourth-order valence-corrected chi connectivity index (χ4v) is 4.20. The van der Waals surface area contributed by atoms with Crippen LogP contribution in [0.2, 0.25) is 0 Å². The second-order valence-electron chi connectivity index (χ2n) is 10.5. The monoisotopic (exact) mass is 467 g/mol. The normalized spacial score (nSPS) is 16.5. The summed E-state index contributed by atoms with van der Waals surface area (Å²) in [4.78, 5) is 51.9. The molecule has 1 heterocycles. The van der Waals surface area contributed by atoms with Gasteiger partial charge in [0.1, 0.15) is 0 Å². The van der Waals surface area contributed by atoms with Gasteiger partial charge >= 0.3 is 11.9 Å². The molecule has 1 aliphatic rings. The number of amides is 2. The summed E-state index contributed by atoms with van der Waals surface area (Å²) in [7, 11) is 0. The van der Waals surface area contributed by atoms with Gasteiger partial charge in [0.15, 0.2) is 0 Å². The highest BCUT2D eigenvalue weighted by Gasteiger charge is 2.46. The zero-order valence-electron chi connectivity index (χ0n) is 21.0. The SMILES string of the molecule is CC(C)(C)C1CC(=O)N(OC(=O)CCCCCCCCCCCCCCCCC(=O)O)C1=O. The maximum Gasteiger partial charge on any atom is 0.333 e. The van der Waals surface area contributed by atoms with Crippen LogP contribution in [-0.4, -0.2) is 33.9 Å². The molecular weight excluding hydrogens is 422 g/mol. The zero-order valence-corrected chi connectivity index (χ0v) is 21.0. The standard InChI is InChI=1S/C26H45NO6/c1-26(2,3)21-20-22(28)27(25(21)32)33-24(31)19-17-15-13-11-9-7-5-4-6-8-10-12-14-16-18-23(29)30/h21H,4-20H2,1-3H3,(H,29,30). The van der Waals surface area contributed by atoms with E-state index in [2.05, 4.69) is 0 Å². The van der Waals surface area contributed by atoms with Gasteiger partial charge in [-0.1, -0.05) is 97.8 Å². The largest absolute Gasteiger partial charge is 0.481 e. The van der Waals surface area contributed by atoms with Gasteiger partial charge in [0.05, 0.1) is 5.92 Å². The first-order valence-corrected chi connectivity index (χ1v) is 12.9. The van der Waals surface area contributed by atoms with E-state index in [-0.39, 0.29) is 18.3 Å². The smallest absolute Gasteiger partial charge is 0.333 e. The number of imide groups is 1. The van der Waals surface area contributed by atoms with E-state index in [9.17, 15) is 19.2 Å². The van der Waals surface area contributed by atoms with Crippen LogP contribution in [0.4, 0.5) is 0 Å². The molecule has 190 valence electrons. The number of aliphatic carboxylic acids is 1. The van der Waals surface area contributed by atoms with Gasteiger partial charge in [0.25, 0.3) is 11.8 Å². The van der Waals surface area contributed by atoms with Crippen molar-refractivity contribution in [1.29, 1.82) is 0 Å². The first kappa shape index (κ1) is 29.1. The van der Waals surface area contributed by atoms with Gasteiger partial charge in [-0.2, -0.15) is 0 Å². The molecule has 1 N–H and O–H groups in total. The highest BCUT2D eigenvalue weighted by Crippen LogP contribution is 2.35. The fourth-order valence-electron chi connectivity index (χ4n) is 4.20. The summed E-state index contributed by atoms with van der Waals surface area (Å²) >= 11 is 0. The Labute approximate surface area is 199 Å². The lowest BCUT2D eigenvalue weighted by atomic mass is 9.80. The molecule has 0 radical (unpaired) electrons. The van der Waals surface area contributed by atoms with E-state index >= 15 is 0 Å². The number of carbonyl (C=O) groups is 4. The van der Waals surface area contributed by atoms with Crippen molar-refractivity contribution < 1.29 is 29.1 Å². The molecule has 0 spiro atoms. The van der Waals surface area contributed by atoms with Gasteiger partial charge in [0, 0.05) is 19.3 Å². The molecule has 7 heteroatoms. The van der Waals surface area contributed by atoms with Crippen molar-refractivity contribution in [3.8, 4) is 0 Å². The summed E-state index contributed by atoms with van der Waals surface area (Å²) in [5.41, 5.74) is -0.335. The molecule has 0 aliphatic carbocycles. The molecular formula is C26H45NO6. The Kier molecular flexibility index (Phi) is 14.0. The van der Waals surface area contributed by atoms with E-state index < -0.39 is 29.7 Å². The third kappa shape index (κ3) is 12.8. The quantitative estimate of drug-likeness (QED) is 0.190. The molecule has 7 nitrogen and oxygen atoms in total. The molecule has 0 aromatic rings. The van der Waals surface area contributed by atoms with Crippen LogP contribution in [0.5, 0.6) is 0 Å². The van der Waals surface area contributed by atoms with Crippen molar-refractivity contribution in [2.24, 2.45) is 11.3 Å². The number of hydrogen-bond donors (Lipinski definition) is 1. The molecule has 0 saturated carbocycles. The third-order valence-corrected chi connectivity index (χ3v) is 6.36. The van der Waals surface area contributed by atoms with Crippen LogP contribution in [0, 0.1) is 11.3 Å². The fraction of sp³-hybridized carbons (Fsp3) is 0.846. The Morgan fingerprint density at radius 3 is 1.55 bits per heavy atom. The van der Waals surface area contributed by atoms with Crippen molar-refractivity contribution in [1.82, 2.24) is 5.06 Å². The van der Waals surface area contributed by atoms with Gasteiger partial charge in [-0.25, -0.2) is 4.79 Å². The summed E-state index contributed by atoms with van der Waals surface area (Å²) in [6.07, 6.45) is 16.2. The summed E-state index contributed by atoms with van der Waals surface area (Å²) in [6, 6.07) is 0. The van der Waals surface area contributed by atoms with Crippen LogP contribution in [-0.2, 0) is 24.0 Å². The van der Waals surface area contributed by atoms with E-state index in [0.717, 1.165) is 38.5 Å². The van der Waals surface area contributed by atoms with Crippen molar-refractivity contribution in [3.63, 3.8) is 0 Å². The average Bonchev–Trinajstić information content (AvgIpc) is 3.01. The van der Waals surface area contributed by atoms with E-state index in [1.807, 2.05) is 20.8 Å². The van der Waals surface area contributed by atoms with Crippen LogP contribution < -0.4 is 0 Å². The second-order valence-corrected chi connectivity index (χ2v) is 10.5. The predicted molar refractivity (Wildman–Crippen MR) is 127 cm³/mol. The minimum atomic E-state index is -0.695. The molecule has 1 unspecified atom stereocenters. The van der Waals surface area contributed by atoms with E-state index in [4.69, 9.17) is 9.94 Å². The van der Waals surface area contributed by atoms with Crippen molar-refractivity contribution >= 4 is 23.8 Å². The molecule has 1 fully saturated rings. The van der Waals surface area contributed by atoms with Gasteiger partial charge in [-0.15, -0.1) is 5.06 Å². The summed E-state index contributed by atoms with van der Waals surface area (Å²) < 4.78 is 0. The first-order chi connectivity index (χ1) is 15.6. The highest BCUT2D eigenvalue weighted by atomic mass is 16.7. The summed E-state index contributed by atoms with van der Waals surface area (Å²) in [6.45, 7) is 5.72. The van der Waals surface area contributed by atoms with Crippen LogP contribution >= 0.6 is 0 Å². The lowest BCUT2D eigenvalue weighted by molar-refractivity contribution is -0.198. The molecule has 2 amide bonds. The van der Waals surface area contributed by atoms with Gasteiger partial charge < -0.3 is 9.94 Å². The third-order valence-electron chi connectivity index (χ3n) is 6.36. The highest BCUT2D eigenvalue weighted by molar-refractivity contribution is 6.03. The number of unbranched alkanes of at least 4 members (excludes halogenated alkanes) is 13. The molecule has 1 aliphatic heterocycles. The molecule has 0 aromatic heterocycles. The van der Waals surface area contributed by atoms with E-state index in [0.29, 0.717) is 17.9 Å². The predicted octanol–water partition coefficient (Wildman–Crippen LogP) is 6.19. The Hall–Kier alpha value is -1.92. The number of nitrogens with zero attached hydrogens (tertiary/aromatic N) is 1. The minimum Gasteiger partial charge on any atom is -0.481 e. The Balaban J connectivity index is 1.93. The maximum atomic E-state index is 12.3. The van der Waals surface area contributed by atoms with Crippen LogP contribution in [0.1, 0.15) is 130 Å². The molecule has 1 atom stereocenters. The molecule has 1 rings (SSSR count). The average molecular weight is 468 g/mol. The van der Waals surface area contributed by atoms with Crippen molar-refractivity contribution in [2.45, 2.75) is 130 Å². The number of rotatable bonds is 18. The van der Waals surface area contributed by atoms with Gasteiger partial charge in [-0.3, -0.25) is 14.4 Å². The Morgan fingerprint density at radius 2 is 1.18 bits per heavy atom. The van der Waals surface area contributed by atoms with Crippen molar-refractivity contribution in [3.05, 3.63) is 0 Å². The molecule has 1 saturated heterocycles. The van der Waals surface area contributed by atoms with Gasteiger partial charge in [-0.05, 0) is 18.3 Å². The number of hydrogen-bond acceptors (Lipinski definition) is 5. The maximum absolute atomic E-state index is 12.3. The zero-order chi connectivity index (χ0) is 24.7.